The molecule has 0 aromatic carbocycles. The van der Waals surface area contributed by atoms with Gasteiger partial charge in [-0.15, -0.1) is 0 Å². The molecule has 0 fully saturated rings. The predicted molar refractivity (Wildman–Crippen MR) is 62.1 cm³/mol. The Labute approximate surface area is 100 Å². The third-order valence-electron chi connectivity index (χ3n) is 2.69. The number of nitrogens with zero attached hydrogens (tertiary/aromatic N) is 2. The molecule has 1 atom stereocenters. The van der Waals surface area contributed by atoms with Gasteiger partial charge < -0.3 is 9.64 Å². The molecule has 92 valence electrons. The summed E-state index contributed by atoms with van der Waals surface area (Å²) in [7, 11) is 2.93. The summed E-state index contributed by atoms with van der Waals surface area (Å²) in [6, 6.07) is 3.58. The molecule has 0 saturated heterocycles. The van der Waals surface area contributed by atoms with Gasteiger partial charge in [0.15, 0.2) is 0 Å². The van der Waals surface area contributed by atoms with Gasteiger partial charge in [-0.2, -0.15) is 0 Å². The highest BCUT2D eigenvalue weighted by atomic mass is 16.5. The first kappa shape index (κ1) is 13.2. The number of hydrogen-bond donors (Lipinski definition) is 0. The van der Waals surface area contributed by atoms with Gasteiger partial charge in [0, 0.05) is 19.4 Å². The van der Waals surface area contributed by atoms with Crippen LogP contribution in [0.4, 0.5) is 0 Å². The summed E-state index contributed by atoms with van der Waals surface area (Å²) < 4.78 is 4.46. The van der Waals surface area contributed by atoms with E-state index in [2.05, 4.69) is 9.72 Å². The van der Waals surface area contributed by atoms with Crippen LogP contribution in [0.15, 0.2) is 24.5 Å². The number of carbonyl (C=O) groups excluding carboxylic acids is 2. The number of methoxy groups -OCH3 is 1. The van der Waals surface area contributed by atoms with Gasteiger partial charge in [0.25, 0.3) is 0 Å². The molecule has 0 aliphatic rings. The zero-order valence-corrected chi connectivity index (χ0v) is 10.2. The van der Waals surface area contributed by atoms with E-state index in [9.17, 15) is 9.59 Å². The van der Waals surface area contributed by atoms with Crippen LogP contribution in [-0.2, 0) is 14.3 Å². The van der Waals surface area contributed by atoms with Gasteiger partial charge >= 0.3 is 5.97 Å². The zero-order chi connectivity index (χ0) is 12.8. The lowest BCUT2D eigenvalue weighted by atomic mass is 10.1. The number of hydrogen-bond acceptors (Lipinski definition) is 4. The standard InChI is InChI=1S/C12H16N2O3/c1-9(10-4-6-13-7-5-10)14(2)11(15)8-12(16)17-3/h4-7,9H,8H2,1-3H3/t9-/m0/s1. The van der Waals surface area contributed by atoms with Crippen molar-refractivity contribution < 1.29 is 14.3 Å². The van der Waals surface area contributed by atoms with E-state index in [0.29, 0.717) is 0 Å². The quantitative estimate of drug-likeness (QED) is 0.581. The van der Waals surface area contributed by atoms with Gasteiger partial charge in [-0.3, -0.25) is 14.6 Å². The number of esters is 1. The molecule has 1 aromatic heterocycles. The Morgan fingerprint density at radius 3 is 2.53 bits per heavy atom. The molecule has 0 bridgehead atoms. The molecule has 1 rings (SSSR count). The van der Waals surface area contributed by atoms with Crippen LogP contribution in [0.5, 0.6) is 0 Å². The number of rotatable bonds is 4. The van der Waals surface area contributed by atoms with Crippen LogP contribution in [0.2, 0.25) is 0 Å². The minimum atomic E-state index is -0.524. The molecule has 0 saturated carbocycles. The third-order valence-corrected chi connectivity index (χ3v) is 2.69. The van der Waals surface area contributed by atoms with Gasteiger partial charge in [0.2, 0.25) is 5.91 Å². The number of pyridine rings is 1. The van der Waals surface area contributed by atoms with E-state index in [0.717, 1.165) is 5.56 Å². The van der Waals surface area contributed by atoms with Crippen LogP contribution >= 0.6 is 0 Å². The smallest absolute Gasteiger partial charge is 0.315 e. The molecule has 0 spiro atoms. The highest BCUT2D eigenvalue weighted by Gasteiger charge is 2.19. The Morgan fingerprint density at radius 1 is 1.41 bits per heavy atom. The van der Waals surface area contributed by atoms with Crippen molar-refractivity contribution in [3.05, 3.63) is 30.1 Å². The molecule has 5 nitrogen and oxygen atoms in total. The van der Waals surface area contributed by atoms with Crippen molar-refractivity contribution in [2.24, 2.45) is 0 Å². The normalized spacial score (nSPS) is 11.7. The number of amides is 1. The van der Waals surface area contributed by atoms with E-state index in [4.69, 9.17) is 0 Å². The molecule has 1 heterocycles. The summed E-state index contributed by atoms with van der Waals surface area (Å²) in [4.78, 5) is 28.2. The summed E-state index contributed by atoms with van der Waals surface area (Å²) in [5.74, 6) is -0.787. The number of ether oxygens (including phenoxy) is 1. The van der Waals surface area contributed by atoms with Crippen molar-refractivity contribution in [2.75, 3.05) is 14.2 Å². The van der Waals surface area contributed by atoms with Crippen molar-refractivity contribution in [2.45, 2.75) is 19.4 Å². The molecule has 0 aliphatic heterocycles. The van der Waals surface area contributed by atoms with Crippen LogP contribution in [0, 0.1) is 0 Å². The number of carbonyl (C=O) groups is 2. The minimum Gasteiger partial charge on any atom is -0.469 e. The van der Waals surface area contributed by atoms with E-state index >= 15 is 0 Å². The topological polar surface area (TPSA) is 59.5 Å². The Morgan fingerprint density at radius 2 is 2.00 bits per heavy atom. The molecular weight excluding hydrogens is 220 g/mol. The Balaban J connectivity index is 2.67. The van der Waals surface area contributed by atoms with E-state index in [1.165, 1.54) is 12.0 Å². The van der Waals surface area contributed by atoms with Crippen LogP contribution < -0.4 is 0 Å². The first-order valence-corrected chi connectivity index (χ1v) is 5.28. The lowest BCUT2D eigenvalue weighted by Gasteiger charge is -2.24. The second-order valence-corrected chi connectivity index (χ2v) is 3.71. The maximum absolute atomic E-state index is 11.7. The van der Waals surface area contributed by atoms with Crippen molar-refractivity contribution >= 4 is 11.9 Å². The summed E-state index contributed by atoms with van der Waals surface area (Å²) in [6.07, 6.45) is 3.11. The Kier molecular flexibility index (Phi) is 4.63. The maximum Gasteiger partial charge on any atom is 0.315 e. The van der Waals surface area contributed by atoms with Crippen LogP contribution in [0.1, 0.15) is 24.9 Å². The van der Waals surface area contributed by atoms with Gasteiger partial charge in [0.1, 0.15) is 6.42 Å². The molecule has 5 heteroatoms. The first-order valence-electron chi connectivity index (χ1n) is 5.28. The molecule has 17 heavy (non-hydrogen) atoms. The van der Waals surface area contributed by atoms with Crippen molar-refractivity contribution in [3.63, 3.8) is 0 Å². The predicted octanol–water partition coefficient (Wildman–Crippen LogP) is 1.16. The molecule has 1 amide bonds. The van der Waals surface area contributed by atoms with Crippen LogP contribution in [-0.4, -0.2) is 35.9 Å². The fraction of sp³-hybridized carbons (Fsp3) is 0.417. The highest BCUT2D eigenvalue weighted by Crippen LogP contribution is 2.18. The van der Waals surface area contributed by atoms with E-state index in [1.807, 2.05) is 19.1 Å². The summed E-state index contributed by atoms with van der Waals surface area (Å²) in [5, 5.41) is 0. The molecular formula is C12H16N2O3. The fourth-order valence-corrected chi connectivity index (χ4v) is 1.40. The monoisotopic (exact) mass is 236 g/mol. The van der Waals surface area contributed by atoms with Crippen LogP contribution in [0.25, 0.3) is 0 Å². The molecule has 0 unspecified atom stereocenters. The second kappa shape index (κ2) is 5.98. The molecule has 0 radical (unpaired) electrons. The molecule has 1 aromatic rings. The maximum atomic E-state index is 11.7. The largest absolute Gasteiger partial charge is 0.469 e. The average molecular weight is 236 g/mol. The Hall–Kier alpha value is -1.91. The first-order chi connectivity index (χ1) is 8.06. The van der Waals surface area contributed by atoms with Gasteiger partial charge in [-0.25, -0.2) is 0 Å². The van der Waals surface area contributed by atoms with Crippen molar-refractivity contribution in [1.29, 1.82) is 0 Å². The zero-order valence-electron chi connectivity index (χ0n) is 10.2. The SMILES string of the molecule is COC(=O)CC(=O)N(C)[C@@H](C)c1ccncc1. The van der Waals surface area contributed by atoms with E-state index in [-0.39, 0.29) is 18.4 Å². The van der Waals surface area contributed by atoms with Crippen molar-refractivity contribution in [1.82, 2.24) is 9.88 Å². The molecule has 0 N–H and O–H groups in total. The lowest BCUT2D eigenvalue weighted by Crippen LogP contribution is -2.31. The summed E-state index contributed by atoms with van der Waals surface area (Å²) >= 11 is 0. The molecule has 0 aliphatic carbocycles. The van der Waals surface area contributed by atoms with E-state index < -0.39 is 5.97 Å². The van der Waals surface area contributed by atoms with Crippen LogP contribution in [0.3, 0.4) is 0 Å². The average Bonchev–Trinajstić information content (AvgIpc) is 2.37. The summed E-state index contributed by atoms with van der Waals surface area (Å²) in [5.41, 5.74) is 0.973. The summed E-state index contributed by atoms with van der Waals surface area (Å²) in [6.45, 7) is 1.89. The Bertz CT molecular complexity index is 392. The van der Waals surface area contributed by atoms with Gasteiger partial charge in [0.05, 0.1) is 13.2 Å². The van der Waals surface area contributed by atoms with Gasteiger partial charge in [-0.05, 0) is 24.6 Å². The van der Waals surface area contributed by atoms with Crippen molar-refractivity contribution in [3.8, 4) is 0 Å². The number of aromatic nitrogens is 1. The lowest BCUT2D eigenvalue weighted by molar-refractivity contribution is -0.147. The fourth-order valence-electron chi connectivity index (χ4n) is 1.40. The van der Waals surface area contributed by atoms with E-state index in [1.54, 1.807) is 19.4 Å². The third kappa shape index (κ3) is 3.55. The highest BCUT2D eigenvalue weighted by molar-refractivity contribution is 5.94. The minimum absolute atomic E-state index is 0.102. The van der Waals surface area contributed by atoms with Gasteiger partial charge in [-0.1, -0.05) is 0 Å². The second-order valence-electron chi connectivity index (χ2n) is 3.71.